The molecule has 0 aliphatic heterocycles. The monoisotopic (exact) mass is 521 g/mol. The molecule has 1 aromatic heterocycles. The van der Waals surface area contributed by atoms with Crippen molar-refractivity contribution in [1.82, 2.24) is 15.1 Å². The highest BCUT2D eigenvalue weighted by Gasteiger charge is 2.55. The van der Waals surface area contributed by atoms with Gasteiger partial charge in [-0.25, -0.2) is 17.9 Å². The third kappa shape index (κ3) is 4.05. The SMILES string of the molecule is CC12CCC(CC1)C(C)(C)[C@H]2NC(=O)c1nn(-c2ccc(F)cc2F)c2c1CCC2Cc1cccc(F)c1. The second-order valence-electron chi connectivity index (χ2n) is 12.4. The Morgan fingerprint density at radius 3 is 2.45 bits per heavy atom. The third-order valence-electron chi connectivity index (χ3n) is 9.77. The first-order chi connectivity index (χ1) is 18.1. The Balaban J connectivity index is 1.39. The van der Waals surface area contributed by atoms with Gasteiger partial charge in [0.2, 0.25) is 0 Å². The second-order valence-corrected chi connectivity index (χ2v) is 12.4. The fraction of sp³-hybridized carbons (Fsp3) is 0.484. The maximum absolute atomic E-state index is 15.0. The highest BCUT2D eigenvalue weighted by atomic mass is 19.1. The van der Waals surface area contributed by atoms with Crippen molar-refractivity contribution in [2.45, 2.75) is 77.7 Å². The molecule has 7 rings (SSSR count). The minimum Gasteiger partial charge on any atom is -0.347 e. The van der Waals surface area contributed by atoms with Gasteiger partial charge >= 0.3 is 0 Å². The Kier molecular flexibility index (Phi) is 5.96. The van der Waals surface area contributed by atoms with Crippen molar-refractivity contribution in [2.24, 2.45) is 16.7 Å². The zero-order chi connectivity index (χ0) is 26.8. The van der Waals surface area contributed by atoms with E-state index in [2.05, 4.69) is 31.2 Å². The molecule has 3 aromatic rings. The predicted octanol–water partition coefficient (Wildman–Crippen LogP) is 6.90. The highest BCUT2D eigenvalue weighted by molar-refractivity contribution is 5.94. The summed E-state index contributed by atoms with van der Waals surface area (Å²) in [7, 11) is 0. The molecule has 1 heterocycles. The van der Waals surface area contributed by atoms with Crippen molar-refractivity contribution >= 4 is 5.91 Å². The van der Waals surface area contributed by atoms with Crippen molar-refractivity contribution in [3.8, 4) is 5.69 Å². The minimum absolute atomic E-state index is 0.0165. The van der Waals surface area contributed by atoms with Crippen molar-refractivity contribution in [1.29, 1.82) is 0 Å². The molecule has 200 valence electrons. The molecule has 0 spiro atoms. The molecule has 3 fully saturated rings. The summed E-state index contributed by atoms with van der Waals surface area (Å²) in [4.78, 5) is 13.9. The molecule has 2 aromatic carbocycles. The topological polar surface area (TPSA) is 46.9 Å². The number of amides is 1. The van der Waals surface area contributed by atoms with Gasteiger partial charge in [-0.2, -0.15) is 5.10 Å². The van der Waals surface area contributed by atoms with Crippen molar-refractivity contribution in [3.63, 3.8) is 0 Å². The number of hydrogen-bond donors (Lipinski definition) is 1. The average molecular weight is 522 g/mol. The van der Waals surface area contributed by atoms with Crippen molar-refractivity contribution in [3.05, 3.63) is 82.4 Å². The van der Waals surface area contributed by atoms with Crippen LogP contribution >= 0.6 is 0 Å². The van der Waals surface area contributed by atoms with Gasteiger partial charge in [-0.3, -0.25) is 4.79 Å². The van der Waals surface area contributed by atoms with Gasteiger partial charge in [0.15, 0.2) is 11.5 Å². The highest BCUT2D eigenvalue weighted by Crippen LogP contribution is 2.58. The van der Waals surface area contributed by atoms with Crippen LogP contribution in [-0.4, -0.2) is 21.7 Å². The van der Waals surface area contributed by atoms with E-state index in [1.807, 2.05) is 6.07 Å². The average Bonchev–Trinajstić information content (AvgIpc) is 3.43. The first kappa shape index (κ1) is 25.2. The van der Waals surface area contributed by atoms with Crippen LogP contribution in [-0.2, 0) is 12.8 Å². The number of nitrogens with zero attached hydrogens (tertiary/aromatic N) is 2. The fourth-order valence-corrected chi connectivity index (χ4v) is 7.75. The van der Waals surface area contributed by atoms with Crippen LogP contribution in [0.25, 0.3) is 5.69 Å². The number of nitrogens with one attached hydrogen (secondary N) is 1. The van der Waals surface area contributed by atoms with E-state index in [1.54, 1.807) is 6.07 Å². The van der Waals surface area contributed by atoms with E-state index < -0.39 is 11.6 Å². The van der Waals surface area contributed by atoms with Gasteiger partial charge in [0, 0.05) is 23.6 Å². The van der Waals surface area contributed by atoms with E-state index >= 15 is 0 Å². The van der Waals surface area contributed by atoms with E-state index in [1.165, 1.54) is 41.8 Å². The molecule has 4 aliphatic rings. The summed E-state index contributed by atoms with van der Waals surface area (Å²) in [6, 6.07) is 9.87. The van der Waals surface area contributed by atoms with Gasteiger partial charge < -0.3 is 5.32 Å². The Morgan fingerprint density at radius 1 is 1.03 bits per heavy atom. The maximum atomic E-state index is 15.0. The first-order valence-corrected chi connectivity index (χ1v) is 13.7. The van der Waals surface area contributed by atoms with Gasteiger partial charge in [0.05, 0.1) is 5.69 Å². The molecule has 4 nitrogen and oxygen atoms in total. The Hall–Kier alpha value is -3.09. The third-order valence-corrected chi connectivity index (χ3v) is 9.77. The van der Waals surface area contributed by atoms with Gasteiger partial charge in [-0.05, 0) is 91.5 Å². The summed E-state index contributed by atoms with van der Waals surface area (Å²) in [5.41, 5.74) is 2.80. The fourth-order valence-electron chi connectivity index (χ4n) is 7.75. The van der Waals surface area contributed by atoms with Gasteiger partial charge in [-0.1, -0.05) is 32.9 Å². The largest absolute Gasteiger partial charge is 0.347 e. The van der Waals surface area contributed by atoms with Crippen LogP contribution < -0.4 is 5.32 Å². The zero-order valence-corrected chi connectivity index (χ0v) is 22.2. The summed E-state index contributed by atoms with van der Waals surface area (Å²) in [6.07, 6.45) is 6.45. The zero-order valence-electron chi connectivity index (χ0n) is 22.2. The van der Waals surface area contributed by atoms with Crippen LogP contribution in [0.2, 0.25) is 0 Å². The molecule has 7 heteroatoms. The second kappa shape index (κ2) is 8.99. The van der Waals surface area contributed by atoms with E-state index in [9.17, 15) is 18.0 Å². The normalized spacial score (nSPS) is 27.4. The molecule has 0 radical (unpaired) electrons. The summed E-state index contributed by atoms with van der Waals surface area (Å²) >= 11 is 0. The van der Waals surface area contributed by atoms with E-state index in [0.717, 1.165) is 42.1 Å². The number of aromatic nitrogens is 2. The van der Waals surface area contributed by atoms with Crippen LogP contribution in [0.4, 0.5) is 13.2 Å². The lowest BCUT2D eigenvalue weighted by atomic mass is 9.48. The molecule has 38 heavy (non-hydrogen) atoms. The summed E-state index contributed by atoms with van der Waals surface area (Å²) < 4.78 is 44.1. The maximum Gasteiger partial charge on any atom is 0.272 e. The molecular weight excluding hydrogens is 487 g/mol. The van der Waals surface area contributed by atoms with Crippen molar-refractivity contribution in [2.75, 3.05) is 0 Å². The minimum atomic E-state index is -0.739. The smallest absolute Gasteiger partial charge is 0.272 e. The molecule has 3 saturated carbocycles. The van der Waals surface area contributed by atoms with Crippen LogP contribution in [0.15, 0.2) is 42.5 Å². The molecule has 1 amide bonds. The van der Waals surface area contributed by atoms with Crippen LogP contribution in [0, 0.1) is 34.2 Å². The van der Waals surface area contributed by atoms with E-state index in [-0.39, 0.29) is 40.2 Å². The van der Waals surface area contributed by atoms with Gasteiger partial charge in [0.1, 0.15) is 17.3 Å². The number of benzene rings is 2. The number of carbonyl (C=O) groups is 1. The predicted molar refractivity (Wildman–Crippen MR) is 140 cm³/mol. The molecule has 0 saturated heterocycles. The van der Waals surface area contributed by atoms with Crippen molar-refractivity contribution < 1.29 is 18.0 Å². The quantitative estimate of drug-likeness (QED) is 0.397. The van der Waals surface area contributed by atoms with Crippen LogP contribution in [0.3, 0.4) is 0 Å². The lowest BCUT2D eigenvalue weighted by Gasteiger charge is -2.60. The number of rotatable bonds is 5. The van der Waals surface area contributed by atoms with E-state index in [0.29, 0.717) is 24.5 Å². The Bertz CT molecular complexity index is 1400. The lowest BCUT2D eigenvalue weighted by Crippen LogP contribution is -2.62. The molecule has 2 bridgehead atoms. The van der Waals surface area contributed by atoms with Gasteiger partial charge in [-0.15, -0.1) is 0 Å². The number of halogens is 3. The molecule has 2 atom stereocenters. The first-order valence-electron chi connectivity index (χ1n) is 13.7. The van der Waals surface area contributed by atoms with Crippen LogP contribution in [0.1, 0.15) is 86.1 Å². The molecular formula is C31H34F3N3O. The molecule has 4 aliphatic carbocycles. The summed E-state index contributed by atoms with van der Waals surface area (Å²) in [5.74, 6) is -1.46. The number of fused-ring (bicyclic) bond motifs is 4. The Morgan fingerprint density at radius 2 is 1.76 bits per heavy atom. The summed E-state index contributed by atoms with van der Waals surface area (Å²) in [5, 5.41) is 8.04. The lowest BCUT2D eigenvalue weighted by molar-refractivity contribution is -0.0666. The Labute approximate surface area is 221 Å². The standard InChI is InChI=1S/C31H34F3N3O/c1-30(2)20-11-13-31(3,14-12-20)29(30)35-28(38)26-23-9-7-19(15-18-5-4-6-21(32)16-18)27(23)37(36-26)25-10-8-22(33)17-24(25)34/h4-6,8,10,16-17,19-20,29H,7,9,11-15H2,1-3H3,(H,35,38)/t19?,20?,29-,31?/m1/s1. The van der Waals surface area contributed by atoms with Crippen LogP contribution in [0.5, 0.6) is 0 Å². The van der Waals surface area contributed by atoms with E-state index in [4.69, 9.17) is 0 Å². The van der Waals surface area contributed by atoms with Gasteiger partial charge in [0.25, 0.3) is 5.91 Å². The number of carbonyl (C=O) groups excluding carboxylic acids is 1. The molecule has 1 N–H and O–H groups in total. The summed E-state index contributed by atoms with van der Waals surface area (Å²) in [6.45, 7) is 6.79. The number of hydrogen-bond acceptors (Lipinski definition) is 2. The molecule has 1 unspecified atom stereocenters.